The summed E-state index contributed by atoms with van der Waals surface area (Å²) in [7, 11) is -0.253. The van der Waals surface area contributed by atoms with Gasteiger partial charge < -0.3 is 10.5 Å². The van der Waals surface area contributed by atoms with Gasteiger partial charge in [0.05, 0.1) is 12.3 Å². The molecule has 1 aromatic heterocycles. The molecule has 1 saturated heterocycles. The first-order valence-corrected chi connectivity index (χ1v) is 7.60. The summed E-state index contributed by atoms with van der Waals surface area (Å²) in [5.41, 5.74) is 6.29. The number of hydrogen-bond donors (Lipinski definition) is 1. The van der Waals surface area contributed by atoms with E-state index in [4.69, 9.17) is 10.5 Å². The van der Waals surface area contributed by atoms with Crippen LogP contribution in [0.25, 0.3) is 0 Å². The lowest BCUT2D eigenvalue weighted by atomic mass is 10.1. The average molecular weight is 288 g/mol. The largest absolute Gasteiger partial charge is 0.384 e. The number of anilines is 1. The second-order valence-electron chi connectivity index (χ2n) is 4.90. The number of hydrogen-bond acceptors (Lipinski definition) is 5. The van der Waals surface area contributed by atoms with Crippen LogP contribution in [0.3, 0.4) is 0 Å². The number of aromatic nitrogens is 2. The molecule has 7 nitrogen and oxygen atoms in total. The number of rotatable bonds is 4. The van der Waals surface area contributed by atoms with Gasteiger partial charge in [0.15, 0.2) is 5.82 Å². The van der Waals surface area contributed by atoms with Gasteiger partial charge in [0.1, 0.15) is 4.90 Å². The smallest absolute Gasteiger partial charge is 0.248 e. The van der Waals surface area contributed by atoms with Crippen molar-refractivity contribution in [2.45, 2.75) is 18.2 Å². The molecule has 0 spiro atoms. The van der Waals surface area contributed by atoms with Crippen LogP contribution >= 0.6 is 0 Å². The van der Waals surface area contributed by atoms with E-state index >= 15 is 0 Å². The summed E-state index contributed by atoms with van der Waals surface area (Å²) < 4.78 is 33.2. The molecule has 2 heterocycles. The first kappa shape index (κ1) is 14.3. The minimum absolute atomic E-state index is 0.0650. The predicted molar refractivity (Wildman–Crippen MR) is 71.1 cm³/mol. The molecule has 0 amide bonds. The first-order valence-electron chi connectivity index (χ1n) is 6.16. The normalized spacial score (nSPS) is 21.1. The fraction of sp³-hybridized carbons (Fsp3) is 0.727. The highest BCUT2D eigenvalue weighted by molar-refractivity contribution is 7.89. The zero-order chi connectivity index (χ0) is 14.2. The topological polar surface area (TPSA) is 90.4 Å². The van der Waals surface area contributed by atoms with Crippen LogP contribution in [0.1, 0.15) is 12.1 Å². The van der Waals surface area contributed by atoms with Gasteiger partial charge in [-0.15, -0.1) is 0 Å². The van der Waals surface area contributed by atoms with Gasteiger partial charge in [-0.05, 0) is 19.3 Å². The molecular weight excluding hydrogens is 268 g/mol. The Morgan fingerprint density at radius 3 is 2.74 bits per heavy atom. The van der Waals surface area contributed by atoms with Gasteiger partial charge in [-0.1, -0.05) is 0 Å². The van der Waals surface area contributed by atoms with E-state index in [9.17, 15) is 8.42 Å². The molecule has 0 aliphatic carbocycles. The number of nitrogens with zero attached hydrogens (tertiary/aromatic N) is 3. The molecule has 1 aromatic rings. The van der Waals surface area contributed by atoms with Crippen molar-refractivity contribution in [1.82, 2.24) is 14.1 Å². The van der Waals surface area contributed by atoms with E-state index in [1.165, 1.54) is 8.99 Å². The van der Waals surface area contributed by atoms with Gasteiger partial charge in [-0.2, -0.15) is 9.40 Å². The lowest BCUT2D eigenvalue weighted by molar-refractivity contribution is 0.157. The van der Waals surface area contributed by atoms with Crippen LogP contribution in [0.2, 0.25) is 0 Å². The molecule has 2 N–H and O–H groups in total. The lowest BCUT2D eigenvalue weighted by Crippen LogP contribution is -2.30. The maximum atomic E-state index is 12.6. The third kappa shape index (κ3) is 2.47. The van der Waals surface area contributed by atoms with E-state index in [1.807, 2.05) is 0 Å². The Kier molecular flexibility index (Phi) is 3.84. The third-order valence-corrected chi connectivity index (χ3v) is 5.59. The van der Waals surface area contributed by atoms with Crippen molar-refractivity contribution in [2.75, 3.05) is 32.5 Å². The first-order chi connectivity index (χ1) is 8.87. The zero-order valence-electron chi connectivity index (χ0n) is 11.5. The SMILES string of the molecule is COCC1CCN(S(=O)(=O)c2c(N)nn(C)c2C)C1. The van der Waals surface area contributed by atoms with Crippen molar-refractivity contribution in [3.63, 3.8) is 0 Å². The van der Waals surface area contributed by atoms with Crippen LogP contribution in [0.4, 0.5) is 5.82 Å². The van der Waals surface area contributed by atoms with E-state index in [0.29, 0.717) is 25.4 Å². The summed E-state index contributed by atoms with van der Waals surface area (Å²) >= 11 is 0. The summed E-state index contributed by atoms with van der Waals surface area (Å²) in [5, 5.41) is 3.97. The van der Waals surface area contributed by atoms with Crippen molar-refractivity contribution in [2.24, 2.45) is 13.0 Å². The van der Waals surface area contributed by atoms with Gasteiger partial charge in [0.2, 0.25) is 10.0 Å². The Hall–Kier alpha value is -1.12. The molecule has 1 fully saturated rings. The van der Waals surface area contributed by atoms with Crippen LogP contribution in [0.5, 0.6) is 0 Å². The van der Waals surface area contributed by atoms with Gasteiger partial charge in [0, 0.05) is 27.2 Å². The van der Waals surface area contributed by atoms with Crippen molar-refractivity contribution in [3.8, 4) is 0 Å². The number of aryl methyl sites for hydroxylation is 1. The van der Waals surface area contributed by atoms with Crippen LogP contribution in [0, 0.1) is 12.8 Å². The van der Waals surface area contributed by atoms with Crippen molar-refractivity contribution < 1.29 is 13.2 Å². The van der Waals surface area contributed by atoms with Gasteiger partial charge in [0.25, 0.3) is 0 Å². The molecule has 1 unspecified atom stereocenters. The van der Waals surface area contributed by atoms with Gasteiger partial charge in [-0.25, -0.2) is 8.42 Å². The number of methoxy groups -OCH3 is 1. The second kappa shape index (κ2) is 5.10. The number of nitrogen functional groups attached to an aromatic ring is 1. The summed E-state index contributed by atoms with van der Waals surface area (Å²) in [6.45, 7) is 3.26. The van der Waals surface area contributed by atoms with E-state index in [2.05, 4.69) is 5.10 Å². The highest BCUT2D eigenvalue weighted by Gasteiger charge is 2.36. The number of nitrogens with two attached hydrogens (primary N) is 1. The maximum Gasteiger partial charge on any atom is 0.248 e. The Morgan fingerprint density at radius 2 is 2.21 bits per heavy atom. The molecule has 108 valence electrons. The molecule has 0 saturated carbocycles. The van der Waals surface area contributed by atoms with Crippen molar-refractivity contribution in [3.05, 3.63) is 5.69 Å². The van der Waals surface area contributed by atoms with Gasteiger partial charge in [-0.3, -0.25) is 4.68 Å². The van der Waals surface area contributed by atoms with E-state index in [0.717, 1.165) is 6.42 Å². The van der Waals surface area contributed by atoms with Crippen molar-refractivity contribution >= 4 is 15.8 Å². The molecule has 1 aliphatic heterocycles. The summed E-state index contributed by atoms with van der Waals surface area (Å²) in [6.07, 6.45) is 0.812. The fourth-order valence-electron chi connectivity index (χ4n) is 2.45. The molecule has 1 aliphatic rings. The van der Waals surface area contributed by atoms with E-state index in [-0.39, 0.29) is 16.6 Å². The Labute approximate surface area is 113 Å². The number of sulfonamides is 1. The van der Waals surface area contributed by atoms with E-state index in [1.54, 1.807) is 21.1 Å². The molecule has 1 atom stereocenters. The molecule has 0 bridgehead atoms. The third-order valence-electron chi connectivity index (χ3n) is 3.55. The molecule has 0 aromatic carbocycles. The summed E-state index contributed by atoms with van der Waals surface area (Å²) in [6, 6.07) is 0. The Bertz CT molecular complexity index is 567. The summed E-state index contributed by atoms with van der Waals surface area (Å²) in [4.78, 5) is 0.132. The quantitative estimate of drug-likeness (QED) is 0.840. The molecular formula is C11H20N4O3S. The highest BCUT2D eigenvalue weighted by Crippen LogP contribution is 2.29. The fourth-order valence-corrected chi connectivity index (χ4v) is 4.27. The standard InChI is InChI=1S/C11H20N4O3S/c1-8-10(11(12)13-14(8)2)19(16,17)15-5-4-9(6-15)7-18-3/h9H,4-7H2,1-3H3,(H2,12,13). The molecule has 2 rings (SSSR count). The summed E-state index contributed by atoms with van der Waals surface area (Å²) in [5.74, 6) is 0.313. The van der Waals surface area contributed by atoms with Crippen LogP contribution in [-0.4, -0.2) is 49.3 Å². The molecule has 0 radical (unpaired) electrons. The minimum Gasteiger partial charge on any atom is -0.384 e. The maximum absolute atomic E-state index is 12.6. The average Bonchev–Trinajstić information content (AvgIpc) is 2.87. The molecule has 8 heteroatoms. The predicted octanol–water partition coefficient (Wildman–Crippen LogP) is -0.0323. The van der Waals surface area contributed by atoms with Crippen LogP contribution in [-0.2, 0) is 21.8 Å². The van der Waals surface area contributed by atoms with Crippen LogP contribution in [0.15, 0.2) is 4.90 Å². The molecule has 19 heavy (non-hydrogen) atoms. The van der Waals surface area contributed by atoms with Crippen LogP contribution < -0.4 is 5.73 Å². The van der Waals surface area contributed by atoms with Gasteiger partial charge >= 0.3 is 0 Å². The van der Waals surface area contributed by atoms with E-state index < -0.39 is 10.0 Å². The Morgan fingerprint density at radius 1 is 1.53 bits per heavy atom. The highest BCUT2D eigenvalue weighted by atomic mass is 32.2. The lowest BCUT2D eigenvalue weighted by Gasteiger charge is -2.16. The number of ether oxygens (including phenoxy) is 1. The monoisotopic (exact) mass is 288 g/mol. The zero-order valence-corrected chi connectivity index (χ0v) is 12.3. The second-order valence-corrected chi connectivity index (χ2v) is 6.77. The Balaban J connectivity index is 2.29. The van der Waals surface area contributed by atoms with Crippen molar-refractivity contribution in [1.29, 1.82) is 0 Å². The minimum atomic E-state index is -3.56.